The van der Waals surface area contributed by atoms with E-state index in [1.807, 2.05) is 0 Å². The van der Waals surface area contributed by atoms with Crippen LogP contribution in [0.25, 0.3) is 0 Å². The van der Waals surface area contributed by atoms with E-state index in [0.717, 1.165) is 17.6 Å². The van der Waals surface area contributed by atoms with Crippen LogP contribution in [-0.4, -0.2) is 52.3 Å². The number of hydrogen-bond donors (Lipinski definition) is 2. The molecule has 2 aromatic heterocycles. The second-order valence-corrected chi connectivity index (χ2v) is 7.46. The Hall–Kier alpha value is -2.98. The maximum atomic E-state index is 13.6. The normalized spacial score (nSPS) is 21.4. The fraction of sp³-hybridized carbons (Fsp3) is 0.526. The summed E-state index contributed by atoms with van der Waals surface area (Å²) in [5.41, 5.74) is -0.0934. The lowest BCUT2D eigenvalue weighted by atomic mass is 10.0. The van der Waals surface area contributed by atoms with Crippen molar-refractivity contribution in [2.45, 2.75) is 43.9 Å². The fourth-order valence-electron chi connectivity index (χ4n) is 3.86. The number of carbonyl (C=O) groups is 2. The Morgan fingerprint density at radius 3 is 2.90 bits per heavy atom. The molecule has 1 saturated heterocycles. The molecule has 162 valence electrons. The minimum absolute atomic E-state index is 0.0934. The molecule has 2 amide bonds. The highest BCUT2D eigenvalue weighted by atomic mass is 19.4. The second kappa shape index (κ2) is 8.04. The smallest absolute Gasteiger partial charge is 0.410 e. The number of anilines is 1. The first-order chi connectivity index (χ1) is 14.3. The van der Waals surface area contributed by atoms with Gasteiger partial charge < -0.3 is 20.0 Å². The molecule has 2 aliphatic rings. The average molecular weight is 425 g/mol. The molecule has 0 radical (unpaired) electrons. The van der Waals surface area contributed by atoms with Gasteiger partial charge >= 0.3 is 6.18 Å². The number of nitrogens with zero attached hydrogens (tertiary/aromatic N) is 3. The molecule has 11 heteroatoms. The van der Waals surface area contributed by atoms with E-state index in [1.54, 1.807) is 17.0 Å². The lowest BCUT2D eigenvalue weighted by Gasteiger charge is -2.32. The molecule has 2 aromatic rings. The lowest BCUT2D eigenvalue weighted by molar-refractivity contribution is -0.174. The van der Waals surface area contributed by atoms with Gasteiger partial charge in [0.15, 0.2) is 11.7 Å². The van der Waals surface area contributed by atoms with Crippen molar-refractivity contribution in [1.82, 2.24) is 20.0 Å². The van der Waals surface area contributed by atoms with E-state index in [4.69, 9.17) is 4.42 Å². The number of hydrogen-bond acceptors (Lipinski definition) is 5. The van der Waals surface area contributed by atoms with E-state index in [2.05, 4.69) is 15.7 Å². The van der Waals surface area contributed by atoms with Gasteiger partial charge in [-0.15, -0.1) is 0 Å². The molecule has 0 bridgehead atoms. The molecular weight excluding hydrogens is 403 g/mol. The number of halogens is 3. The number of amides is 2. The van der Waals surface area contributed by atoms with Crippen LogP contribution in [0.3, 0.4) is 0 Å². The Balaban J connectivity index is 1.42. The summed E-state index contributed by atoms with van der Waals surface area (Å²) in [7, 11) is 0. The highest BCUT2D eigenvalue weighted by Gasteiger charge is 2.47. The third kappa shape index (κ3) is 4.14. The third-order valence-corrected chi connectivity index (χ3v) is 5.37. The summed E-state index contributed by atoms with van der Waals surface area (Å²) < 4.78 is 46.9. The molecule has 2 N–H and O–H groups in total. The highest BCUT2D eigenvalue weighted by molar-refractivity contribution is 5.93. The zero-order chi connectivity index (χ0) is 21.3. The summed E-state index contributed by atoms with van der Waals surface area (Å²) >= 11 is 0. The number of rotatable bonds is 6. The van der Waals surface area contributed by atoms with Gasteiger partial charge in [0.1, 0.15) is 11.6 Å². The Labute approximate surface area is 170 Å². The zero-order valence-corrected chi connectivity index (χ0v) is 16.1. The quantitative estimate of drug-likeness (QED) is 0.695. The summed E-state index contributed by atoms with van der Waals surface area (Å²) in [6, 6.07) is 1.99. The van der Waals surface area contributed by atoms with Crippen molar-refractivity contribution in [1.29, 1.82) is 0 Å². The summed E-state index contributed by atoms with van der Waals surface area (Å²) in [6.45, 7) is 1.57. The van der Waals surface area contributed by atoms with Crippen molar-refractivity contribution >= 4 is 17.6 Å². The van der Waals surface area contributed by atoms with E-state index >= 15 is 0 Å². The van der Waals surface area contributed by atoms with Gasteiger partial charge in [0.2, 0.25) is 5.91 Å². The van der Waals surface area contributed by atoms with Crippen LogP contribution in [0.4, 0.5) is 19.0 Å². The van der Waals surface area contributed by atoms with Gasteiger partial charge in [-0.05, 0) is 25.0 Å². The highest BCUT2D eigenvalue weighted by Crippen LogP contribution is 2.43. The van der Waals surface area contributed by atoms with E-state index in [0.29, 0.717) is 31.7 Å². The number of likely N-dealkylation sites (tertiary alicyclic amines) is 1. The number of furan rings is 1. The molecule has 0 saturated carbocycles. The summed E-state index contributed by atoms with van der Waals surface area (Å²) in [5, 5.41) is 9.54. The van der Waals surface area contributed by atoms with Crippen LogP contribution in [0.5, 0.6) is 0 Å². The molecule has 0 spiro atoms. The van der Waals surface area contributed by atoms with Crippen molar-refractivity contribution < 1.29 is 27.2 Å². The Bertz CT molecular complexity index is 909. The molecule has 30 heavy (non-hydrogen) atoms. The predicted octanol–water partition coefficient (Wildman–Crippen LogP) is 2.88. The monoisotopic (exact) mass is 425 g/mol. The van der Waals surface area contributed by atoms with Gasteiger partial charge in [0.05, 0.1) is 12.3 Å². The zero-order valence-electron chi connectivity index (χ0n) is 16.1. The third-order valence-electron chi connectivity index (χ3n) is 5.37. The number of alkyl halides is 3. The first-order valence-corrected chi connectivity index (χ1v) is 9.85. The second-order valence-electron chi connectivity index (χ2n) is 7.46. The molecule has 4 rings (SSSR count). The van der Waals surface area contributed by atoms with Gasteiger partial charge in [0.25, 0.3) is 5.91 Å². The number of fused-ring (bicyclic) bond motifs is 1. The average Bonchev–Trinajstić information content (AvgIpc) is 3.44. The van der Waals surface area contributed by atoms with Gasteiger partial charge in [-0.2, -0.15) is 18.3 Å². The standard InChI is InChI=1S/C19H22F3N5O3/c20-19(21,22)15-10-12(14-4-2-9-30-14)24-16-11-13(25-27(15)16)18(29)23-6-3-8-26-7-1-5-17(26)28/h2,4,9,11-12,15,24H,1,3,5-8,10H2,(H,23,29)/t12-,15+/m0/s1. The molecular formula is C19H22F3N5O3. The van der Waals surface area contributed by atoms with Gasteiger partial charge in [-0.1, -0.05) is 0 Å². The van der Waals surface area contributed by atoms with E-state index < -0.39 is 24.2 Å². The van der Waals surface area contributed by atoms with E-state index in [9.17, 15) is 22.8 Å². The first kappa shape index (κ1) is 20.3. The first-order valence-electron chi connectivity index (χ1n) is 9.85. The van der Waals surface area contributed by atoms with Crippen LogP contribution >= 0.6 is 0 Å². The number of aromatic nitrogens is 2. The van der Waals surface area contributed by atoms with E-state index in [-0.39, 0.29) is 23.8 Å². The topological polar surface area (TPSA) is 92.4 Å². The Kier molecular flexibility index (Phi) is 5.44. The molecule has 0 aromatic carbocycles. The summed E-state index contributed by atoms with van der Waals surface area (Å²) in [5.74, 6) is 0.0531. The van der Waals surface area contributed by atoms with Crippen molar-refractivity contribution in [2.75, 3.05) is 25.0 Å². The molecule has 0 unspecified atom stereocenters. The largest absolute Gasteiger partial charge is 0.467 e. The van der Waals surface area contributed by atoms with Crippen LogP contribution in [0, 0.1) is 0 Å². The summed E-state index contributed by atoms with van der Waals surface area (Å²) in [4.78, 5) is 25.7. The maximum absolute atomic E-state index is 13.6. The van der Waals surface area contributed by atoms with Gasteiger partial charge in [0, 0.05) is 38.5 Å². The molecule has 2 atom stereocenters. The van der Waals surface area contributed by atoms with Crippen LogP contribution < -0.4 is 10.6 Å². The maximum Gasteiger partial charge on any atom is 0.410 e. The van der Waals surface area contributed by atoms with Crippen LogP contribution in [-0.2, 0) is 4.79 Å². The molecule has 4 heterocycles. The SMILES string of the molecule is O=C(NCCCN1CCCC1=O)c1cc2n(n1)[C@@H](C(F)(F)F)C[C@@H](c1ccco1)N2. The molecule has 1 fully saturated rings. The number of nitrogens with one attached hydrogen (secondary N) is 2. The van der Waals surface area contributed by atoms with Crippen molar-refractivity contribution in [3.8, 4) is 0 Å². The Morgan fingerprint density at radius 2 is 2.23 bits per heavy atom. The van der Waals surface area contributed by atoms with Gasteiger partial charge in [-0.25, -0.2) is 4.68 Å². The van der Waals surface area contributed by atoms with Crippen molar-refractivity contribution in [3.05, 3.63) is 35.9 Å². The van der Waals surface area contributed by atoms with E-state index in [1.165, 1.54) is 12.3 Å². The van der Waals surface area contributed by atoms with Crippen LogP contribution in [0.2, 0.25) is 0 Å². The van der Waals surface area contributed by atoms with Crippen LogP contribution in [0.15, 0.2) is 28.9 Å². The molecule has 2 aliphatic heterocycles. The predicted molar refractivity (Wildman–Crippen MR) is 99.8 cm³/mol. The minimum atomic E-state index is -4.52. The molecule has 8 nitrogen and oxygen atoms in total. The number of carbonyl (C=O) groups excluding carboxylic acids is 2. The lowest BCUT2D eigenvalue weighted by Crippen LogP contribution is -2.35. The molecule has 0 aliphatic carbocycles. The summed E-state index contributed by atoms with van der Waals surface area (Å²) in [6.07, 6.45) is -1.45. The van der Waals surface area contributed by atoms with Crippen molar-refractivity contribution in [2.24, 2.45) is 0 Å². The van der Waals surface area contributed by atoms with Crippen molar-refractivity contribution in [3.63, 3.8) is 0 Å². The Morgan fingerprint density at radius 1 is 1.40 bits per heavy atom. The fourth-order valence-corrected chi connectivity index (χ4v) is 3.86. The van der Waals surface area contributed by atoms with Gasteiger partial charge in [-0.3, -0.25) is 9.59 Å². The minimum Gasteiger partial charge on any atom is -0.467 e. The van der Waals surface area contributed by atoms with Crippen LogP contribution in [0.1, 0.15) is 54.0 Å².